The Morgan fingerprint density at radius 1 is 1.35 bits per heavy atom. The average Bonchev–Trinajstić information content (AvgIpc) is 3.09. The van der Waals surface area contributed by atoms with Crippen molar-refractivity contribution in [2.24, 2.45) is 5.92 Å². The highest BCUT2D eigenvalue weighted by atomic mass is 16.5. The summed E-state index contributed by atoms with van der Waals surface area (Å²) in [4.78, 5) is 24.0. The van der Waals surface area contributed by atoms with E-state index in [-0.39, 0.29) is 17.2 Å². The molecule has 1 aliphatic carbocycles. The first-order chi connectivity index (χ1) is 11.0. The Morgan fingerprint density at radius 2 is 2.09 bits per heavy atom. The van der Waals surface area contributed by atoms with Crippen LogP contribution in [0.1, 0.15) is 38.2 Å². The molecule has 2 fully saturated rings. The molecule has 0 bridgehead atoms. The number of amides is 1. The molecule has 1 amide bonds. The standard InChI is InChI=1S/C18H23NO4/c1-18(7-8-18)14-4-2-3-5-15(14)23-12-13-6-9-19(11-13)16(20)10-17(21)22/h2-5,13H,6-12H2,1H3,(H,21,22)/t13-/m0/s1. The maximum absolute atomic E-state index is 11.8. The van der Waals surface area contributed by atoms with Crippen molar-refractivity contribution in [3.8, 4) is 5.75 Å². The predicted molar refractivity (Wildman–Crippen MR) is 85.5 cm³/mol. The van der Waals surface area contributed by atoms with Crippen LogP contribution in [0.3, 0.4) is 0 Å². The average molecular weight is 317 g/mol. The number of likely N-dealkylation sites (tertiary alicyclic amines) is 1. The summed E-state index contributed by atoms with van der Waals surface area (Å²) < 4.78 is 6.04. The molecule has 0 spiro atoms. The van der Waals surface area contributed by atoms with Gasteiger partial charge in [0.2, 0.25) is 5.91 Å². The van der Waals surface area contributed by atoms with E-state index < -0.39 is 12.4 Å². The summed E-state index contributed by atoms with van der Waals surface area (Å²) in [6.07, 6.45) is 2.85. The van der Waals surface area contributed by atoms with Crippen LogP contribution in [0.15, 0.2) is 24.3 Å². The zero-order valence-electron chi connectivity index (χ0n) is 13.5. The summed E-state index contributed by atoms with van der Waals surface area (Å²) in [6, 6.07) is 8.19. The van der Waals surface area contributed by atoms with Gasteiger partial charge in [0, 0.05) is 24.6 Å². The number of rotatable bonds is 6. The second kappa shape index (κ2) is 6.22. The molecule has 1 saturated carbocycles. The molecule has 0 radical (unpaired) electrons. The van der Waals surface area contributed by atoms with Crippen molar-refractivity contribution >= 4 is 11.9 Å². The number of aliphatic carboxylic acids is 1. The molecule has 5 heteroatoms. The van der Waals surface area contributed by atoms with E-state index in [1.807, 2.05) is 18.2 Å². The van der Waals surface area contributed by atoms with Gasteiger partial charge in [-0.2, -0.15) is 0 Å². The minimum Gasteiger partial charge on any atom is -0.493 e. The van der Waals surface area contributed by atoms with E-state index in [0.29, 0.717) is 19.7 Å². The molecule has 124 valence electrons. The molecular formula is C18H23NO4. The fraction of sp³-hybridized carbons (Fsp3) is 0.556. The first kappa shape index (κ1) is 15.8. The van der Waals surface area contributed by atoms with Crippen LogP contribution in [0.5, 0.6) is 5.75 Å². The van der Waals surface area contributed by atoms with Gasteiger partial charge in [-0.05, 0) is 30.7 Å². The van der Waals surface area contributed by atoms with Gasteiger partial charge in [-0.25, -0.2) is 0 Å². The van der Waals surface area contributed by atoms with Crippen LogP contribution < -0.4 is 4.74 Å². The number of carboxylic acid groups (broad SMARTS) is 1. The van der Waals surface area contributed by atoms with Crippen molar-refractivity contribution in [2.75, 3.05) is 19.7 Å². The fourth-order valence-electron chi connectivity index (χ4n) is 3.19. The molecule has 1 aromatic rings. The highest BCUT2D eigenvalue weighted by molar-refractivity contribution is 5.93. The first-order valence-corrected chi connectivity index (χ1v) is 8.20. The number of carbonyl (C=O) groups excluding carboxylic acids is 1. The fourth-order valence-corrected chi connectivity index (χ4v) is 3.19. The molecule has 1 aliphatic heterocycles. The Labute approximate surface area is 136 Å². The maximum atomic E-state index is 11.8. The van der Waals surface area contributed by atoms with Crippen molar-refractivity contribution in [1.29, 1.82) is 0 Å². The topological polar surface area (TPSA) is 66.8 Å². The molecule has 0 aromatic heterocycles. The van der Waals surface area contributed by atoms with Crippen LogP contribution in [0.2, 0.25) is 0 Å². The number of ether oxygens (including phenoxy) is 1. The van der Waals surface area contributed by atoms with Crippen molar-refractivity contribution in [3.63, 3.8) is 0 Å². The lowest BCUT2D eigenvalue weighted by atomic mass is 9.97. The number of nitrogens with zero attached hydrogens (tertiary/aromatic N) is 1. The quantitative estimate of drug-likeness (QED) is 0.818. The molecule has 1 heterocycles. The highest BCUT2D eigenvalue weighted by Crippen LogP contribution is 2.50. The lowest BCUT2D eigenvalue weighted by molar-refractivity contribution is -0.143. The van der Waals surface area contributed by atoms with E-state index in [4.69, 9.17) is 9.84 Å². The third-order valence-corrected chi connectivity index (χ3v) is 4.95. The summed E-state index contributed by atoms with van der Waals surface area (Å²) in [5, 5.41) is 8.70. The van der Waals surface area contributed by atoms with E-state index in [2.05, 4.69) is 13.0 Å². The Balaban J connectivity index is 1.54. The van der Waals surface area contributed by atoms with Crippen LogP contribution in [0.25, 0.3) is 0 Å². The van der Waals surface area contributed by atoms with Gasteiger partial charge in [0.05, 0.1) is 6.61 Å². The molecule has 2 aliphatic rings. The van der Waals surface area contributed by atoms with E-state index in [1.165, 1.54) is 18.4 Å². The number of para-hydroxylation sites is 1. The number of hydrogen-bond donors (Lipinski definition) is 1. The molecule has 1 N–H and O–H groups in total. The number of carboxylic acids is 1. The molecule has 23 heavy (non-hydrogen) atoms. The van der Waals surface area contributed by atoms with Crippen LogP contribution in [-0.2, 0) is 15.0 Å². The predicted octanol–water partition coefficient (Wildman–Crippen LogP) is 2.44. The number of carbonyl (C=O) groups is 2. The highest BCUT2D eigenvalue weighted by Gasteiger charge is 2.41. The monoisotopic (exact) mass is 317 g/mol. The largest absolute Gasteiger partial charge is 0.493 e. The van der Waals surface area contributed by atoms with Crippen LogP contribution in [-0.4, -0.2) is 41.6 Å². The second-order valence-electron chi connectivity index (χ2n) is 6.93. The van der Waals surface area contributed by atoms with Crippen LogP contribution >= 0.6 is 0 Å². The van der Waals surface area contributed by atoms with Gasteiger partial charge in [0.1, 0.15) is 12.2 Å². The Morgan fingerprint density at radius 3 is 2.78 bits per heavy atom. The Bertz CT molecular complexity index is 609. The van der Waals surface area contributed by atoms with Crippen molar-refractivity contribution < 1.29 is 19.4 Å². The zero-order valence-corrected chi connectivity index (χ0v) is 13.5. The maximum Gasteiger partial charge on any atom is 0.312 e. The summed E-state index contributed by atoms with van der Waals surface area (Å²) >= 11 is 0. The van der Waals surface area contributed by atoms with E-state index in [1.54, 1.807) is 4.90 Å². The van der Waals surface area contributed by atoms with Gasteiger partial charge >= 0.3 is 5.97 Å². The van der Waals surface area contributed by atoms with Gasteiger partial charge in [-0.15, -0.1) is 0 Å². The summed E-state index contributed by atoms with van der Waals surface area (Å²) in [6.45, 7) is 4.05. The molecule has 1 saturated heterocycles. The SMILES string of the molecule is CC1(c2ccccc2OC[C@H]2CCN(C(=O)CC(=O)O)C2)CC1. The minimum atomic E-state index is -1.07. The lowest BCUT2D eigenvalue weighted by Crippen LogP contribution is -2.31. The normalized spacial score (nSPS) is 22.0. The van der Waals surface area contributed by atoms with Gasteiger partial charge in [0.15, 0.2) is 0 Å². The molecule has 5 nitrogen and oxygen atoms in total. The summed E-state index contributed by atoms with van der Waals surface area (Å²) in [7, 11) is 0. The Hall–Kier alpha value is -2.04. The van der Waals surface area contributed by atoms with Crippen molar-refractivity contribution in [1.82, 2.24) is 4.90 Å². The third kappa shape index (κ3) is 3.66. The van der Waals surface area contributed by atoms with Gasteiger partial charge < -0.3 is 14.7 Å². The van der Waals surface area contributed by atoms with Gasteiger partial charge in [-0.3, -0.25) is 9.59 Å². The number of hydrogen-bond acceptors (Lipinski definition) is 3. The molecule has 1 atom stereocenters. The minimum absolute atomic E-state index is 0.260. The van der Waals surface area contributed by atoms with E-state index >= 15 is 0 Å². The second-order valence-corrected chi connectivity index (χ2v) is 6.93. The first-order valence-electron chi connectivity index (χ1n) is 8.20. The third-order valence-electron chi connectivity index (χ3n) is 4.95. The van der Waals surface area contributed by atoms with Crippen LogP contribution in [0, 0.1) is 5.92 Å². The van der Waals surface area contributed by atoms with Crippen molar-refractivity contribution in [3.05, 3.63) is 29.8 Å². The molecule has 0 unspecified atom stereocenters. The molecule has 1 aromatic carbocycles. The summed E-state index contributed by atoms with van der Waals surface area (Å²) in [5.74, 6) is -0.150. The lowest BCUT2D eigenvalue weighted by Gasteiger charge is -2.19. The smallest absolute Gasteiger partial charge is 0.312 e. The van der Waals surface area contributed by atoms with E-state index in [9.17, 15) is 9.59 Å². The van der Waals surface area contributed by atoms with Gasteiger partial charge in [-0.1, -0.05) is 25.1 Å². The summed E-state index contributed by atoms with van der Waals surface area (Å²) in [5.41, 5.74) is 1.53. The van der Waals surface area contributed by atoms with Gasteiger partial charge in [0.25, 0.3) is 0 Å². The van der Waals surface area contributed by atoms with Crippen LogP contribution in [0.4, 0.5) is 0 Å². The zero-order chi connectivity index (χ0) is 16.4. The van der Waals surface area contributed by atoms with Crippen molar-refractivity contribution in [2.45, 2.75) is 38.0 Å². The molecular weight excluding hydrogens is 294 g/mol. The number of benzene rings is 1. The molecule has 3 rings (SSSR count). The Kier molecular flexibility index (Phi) is 4.28. The van der Waals surface area contributed by atoms with E-state index in [0.717, 1.165) is 12.2 Å².